The minimum atomic E-state index is -0.952. The highest BCUT2D eigenvalue weighted by molar-refractivity contribution is 6.06. The van der Waals surface area contributed by atoms with E-state index in [0.717, 1.165) is 50.0 Å². The predicted molar refractivity (Wildman–Crippen MR) is 129 cm³/mol. The minimum absolute atomic E-state index is 0.242. The molecule has 0 saturated heterocycles. The highest BCUT2D eigenvalue weighted by Gasteiger charge is 2.17. The summed E-state index contributed by atoms with van der Waals surface area (Å²) in [4.78, 5) is 19.6. The molecule has 0 atom stereocenters. The van der Waals surface area contributed by atoms with Crippen molar-refractivity contribution in [2.45, 2.75) is 0 Å². The van der Waals surface area contributed by atoms with Crippen LogP contribution in [0.15, 0.2) is 101 Å². The van der Waals surface area contributed by atoms with Gasteiger partial charge in [0.15, 0.2) is 0 Å². The first-order chi connectivity index (χ1) is 16.2. The van der Waals surface area contributed by atoms with E-state index >= 15 is 0 Å². The van der Waals surface area contributed by atoms with Gasteiger partial charge in [-0.3, -0.25) is 0 Å². The summed E-state index contributed by atoms with van der Waals surface area (Å²) < 4.78 is 5.99. The van der Waals surface area contributed by atoms with Crippen molar-refractivity contribution in [1.82, 2.24) is 9.97 Å². The number of carboxylic acid groups (broad SMARTS) is 1. The standard InChI is InChI=1S/C28H18N2O3/c31-28(32)19-12-10-18(11-13-19)27-29-25(17-6-2-1-3-7-17)26(30-27)20-14-15-24-22(16-20)21-8-4-5-9-23(21)33-24/h1-16H,(H,29,30)(H,31,32). The highest BCUT2D eigenvalue weighted by atomic mass is 16.4. The quantitative estimate of drug-likeness (QED) is 0.315. The van der Waals surface area contributed by atoms with Crippen molar-refractivity contribution >= 4 is 27.9 Å². The maximum atomic E-state index is 11.2. The molecule has 5 nitrogen and oxygen atoms in total. The van der Waals surface area contributed by atoms with Crippen LogP contribution in [0.3, 0.4) is 0 Å². The third kappa shape index (κ3) is 3.27. The van der Waals surface area contributed by atoms with E-state index in [9.17, 15) is 9.90 Å². The third-order valence-electron chi connectivity index (χ3n) is 5.82. The number of carboxylic acids is 1. The van der Waals surface area contributed by atoms with Crippen molar-refractivity contribution < 1.29 is 14.3 Å². The third-order valence-corrected chi connectivity index (χ3v) is 5.82. The predicted octanol–water partition coefficient (Wildman–Crippen LogP) is 7.01. The average Bonchev–Trinajstić information content (AvgIpc) is 3.46. The van der Waals surface area contributed by atoms with Crippen LogP contribution < -0.4 is 0 Å². The molecule has 33 heavy (non-hydrogen) atoms. The maximum absolute atomic E-state index is 11.2. The van der Waals surface area contributed by atoms with Crippen molar-refractivity contribution in [3.8, 4) is 33.9 Å². The Morgan fingerprint density at radius 1 is 0.727 bits per heavy atom. The second-order valence-corrected chi connectivity index (χ2v) is 7.87. The Labute approximate surface area is 189 Å². The van der Waals surface area contributed by atoms with Gasteiger partial charge in [0.25, 0.3) is 0 Å². The number of aromatic amines is 1. The molecular formula is C28H18N2O3. The van der Waals surface area contributed by atoms with Gasteiger partial charge < -0.3 is 14.5 Å². The summed E-state index contributed by atoms with van der Waals surface area (Å²) in [5, 5.41) is 11.3. The molecule has 6 rings (SSSR count). The van der Waals surface area contributed by atoms with E-state index in [2.05, 4.69) is 17.1 Å². The van der Waals surface area contributed by atoms with Crippen LogP contribution in [-0.4, -0.2) is 21.0 Å². The van der Waals surface area contributed by atoms with E-state index in [0.29, 0.717) is 5.82 Å². The topological polar surface area (TPSA) is 79.1 Å². The number of benzene rings is 4. The van der Waals surface area contributed by atoms with E-state index in [4.69, 9.17) is 9.40 Å². The van der Waals surface area contributed by atoms with E-state index < -0.39 is 5.97 Å². The van der Waals surface area contributed by atoms with Gasteiger partial charge in [0.2, 0.25) is 0 Å². The maximum Gasteiger partial charge on any atom is 0.335 e. The molecule has 0 spiro atoms. The Morgan fingerprint density at radius 3 is 2.21 bits per heavy atom. The number of nitrogens with one attached hydrogen (secondary N) is 1. The van der Waals surface area contributed by atoms with Crippen LogP contribution in [0.2, 0.25) is 0 Å². The number of fused-ring (bicyclic) bond motifs is 3. The second-order valence-electron chi connectivity index (χ2n) is 7.87. The normalized spacial score (nSPS) is 11.3. The van der Waals surface area contributed by atoms with Gasteiger partial charge >= 0.3 is 5.97 Å². The number of hydrogen-bond donors (Lipinski definition) is 2. The van der Waals surface area contributed by atoms with E-state index in [1.54, 1.807) is 24.3 Å². The number of aromatic carboxylic acids is 1. The summed E-state index contributed by atoms with van der Waals surface area (Å²) in [6.07, 6.45) is 0. The fourth-order valence-electron chi connectivity index (χ4n) is 4.18. The van der Waals surface area contributed by atoms with Crippen molar-refractivity contribution in [2.75, 3.05) is 0 Å². The smallest absolute Gasteiger partial charge is 0.335 e. The Balaban J connectivity index is 1.54. The number of para-hydroxylation sites is 1. The number of furan rings is 1. The summed E-state index contributed by atoms with van der Waals surface area (Å²) >= 11 is 0. The lowest BCUT2D eigenvalue weighted by atomic mass is 10.0. The summed E-state index contributed by atoms with van der Waals surface area (Å²) in [5.41, 5.74) is 6.47. The number of imidazole rings is 1. The Morgan fingerprint density at radius 2 is 1.42 bits per heavy atom. The van der Waals surface area contributed by atoms with Gasteiger partial charge in [0.1, 0.15) is 17.0 Å². The van der Waals surface area contributed by atoms with Gasteiger partial charge in [-0.1, -0.05) is 60.7 Å². The van der Waals surface area contributed by atoms with Crippen LogP contribution in [0.4, 0.5) is 0 Å². The zero-order valence-corrected chi connectivity index (χ0v) is 17.4. The van der Waals surface area contributed by atoms with Crippen molar-refractivity contribution in [2.24, 2.45) is 0 Å². The molecular weight excluding hydrogens is 412 g/mol. The van der Waals surface area contributed by atoms with Crippen LogP contribution in [0, 0.1) is 0 Å². The second kappa shape index (κ2) is 7.50. The first kappa shape index (κ1) is 19.1. The van der Waals surface area contributed by atoms with Crippen LogP contribution >= 0.6 is 0 Å². The van der Waals surface area contributed by atoms with Gasteiger partial charge in [0.05, 0.1) is 17.0 Å². The number of carbonyl (C=O) groups is 1. The monoisotopic (exact) mass is 430 g/mol. The average molecular weight is 430 g/mol. The lowest BCUT2D eigenvalue weighted by Crippen LogP contribution is -1.95. The molecule has 158 valence electrons. The molecule has 5 heteroatoms. The molecule has 0 unspecified atom stereocenters. The van der Waals surface area contributed by atoms with E-state index in [-0.39, 0.29) is 5.56 Å². The highest BCUT2D eigenvalue weighted by Crippen LogP contribution is 2.36. The molecule has 2 aromatic heterocycles. The molecule has 0 saturated carbocycles. The summed E-state index contributed by atoms with van der Waals surface area (Å²) in [7, 11) is 0. The van der Waals surface area contributed by atoms with Crippen molar-refractivity contribution in [3.05, 3.63) is 103 Å². The molecule has 0 radical (unpaired) electrons. The van der Waals surface area contributed by atoms with Crippen LogP contribution in [0.5, 0.6) is 0 Å². The molecule has 2 N–H and O–H groups in total. The lowest BCUT2D eigenvalue weighted by molar-refractivity contribution is 0.0697. The van der Waals surface area contributed by atoms with E-state index in [1.165, 1.54) is 0 Å². The number of aromatic nitrogens is 2. The molecule has 0 amide bonds. The van der Waals surface area contributed by atoms with Gasteiger partial charge in [-0.2, -0.15) is 0 Å². The number of nitrogens with zero attached hydrogens (tertiary/aromatic N) is 1. The molecule has 0 aliphatic rings. The molecule has 0 aliphatic carbocycles. The zero-order valence-electron chi connectivity index (χ0n) is 17.4. The van der Waals surface area contributed by atoms with Gasteiger partial charge in [-0.05, 0) is 36.4 Å². The molecule has 4 aromatic carbocycles. The number of rotatable bonds is 4. The minimum Gasteiger partial charge on any atom is -0.478 e. The summed E-state index contributed by atoms with van der Waals surface area (Å²) in [6.45, 7) is 0. The SMILES string of the molecule is O=C(O)c1ccc(-c2nc(-c3ccc4oc5ccccc5c4c3)c(-c3ccccc3)[nH]2)cc1. The van der Waals surface area contributed by atoms with Crippen molar-refractivity contribution in [3.63, 3.8) is 0 Å². The van der Waals surface area contributed by atoms with Gasteiger partial charge in [-0.25, -0.2) is 9.78 Å². The first-order valence-electron chi connectivity index (χ1n) is 10.6. The summed E-state index contributed by atoms with van der Waals surface area (Å²) in [6, 6.07) is 30.9. The summed E-state index contributed by atoms with van der Waals surface area (Å²) in [5.74, 6) is -0.273. The Bertz CT molecular complexity index is 1630. The molecule has 2 heterocycles. The van der Waals surface area contributed by atoms with E-state index in [1.807, 2.05) is 60.7 Å². The van der Waals surface area contributed by atoms with Crippen LogP contribution in [-0.2, 0) is 0 Å². The zero-order chi connectivity index (χ0) is 22.4. The van der Waals surface area contributed by atoms with Crippen LogP contribution in [0.25, 0.3) is 55.8 Å². The van der Waals surface area contributed by atoms with Crippen molar-refractivity contribution in [1.29, 1.82) is 0 Å². The fourth-order valence-corrected chi connectivity index (χ4v) is 4.18. The Hall–Kier alpha value is -4.64. The first-order valence-corrected chi connectivity index (χ1v) is 10.6. The van der Waals surface area contributed by atoms with Crippen LogP contribution in [0.1, 0.15) is 10.4 Å². The molecule has 0 fully saturated rings. The van der Waals surface area contributed by atoms with Gasteiger partial charge in [0, 0.05) is 27.5 Å². The fraction of sp³-hybridized carbons (Fsp3) is 0. The molecule has 0 aliphatic heterocycles. The Kier molecular flexibility index (Phi) is 4.33. The molecule has 0 bridgehead atoms. The number of H-pyrrole nitrogens is 1. The molecule has 6 aromatic rings. The van der Waals surface area contributed by atoms with Gasteiger partial charge in [-0.15, -0.1) is 0 Å². The lowest BCUT2D eigenvalue weighted by Gasteiger charge is -2.03. The largest absolute Gasteiger partial charge is 0.478 e. The number of hydrogen-bond acceptors (Lipinski definition) is 3.